The molecule has 1 aliphatic heterocycles. The van der Waals surface area contributed by atoms with Gasteiger partial charge in [-0.05, 0) is 24.6 Å². The number of hydrogen-bond donors (Lipinski definition) is 2. The summed E-state index contributed by atoms with van der Waals surface area (Å²) in [6.45, 7) is 2.36. The molecular formula is C17H16N2O3. The maximum Gasteiger partial charge on any atom is 0.275 e. The van der Waals surface area contributed by atoms with Crippen molar-refractivity contribution in [1.29, 1.82) is 0 Å². The Morgan fingerprint density at radius 1 is 1.18 bits per heavy atom. The minimum Gasteiger partial charge on any atom is -0.468 e. The summed E-state index contributed by atoms with van der Waals surface area (Å²) in [6.07, 6.45) is -1.17. The fourth-order valence-electron chi connectivity index (χ4n) is 2.21. The number of carbonyl (C=O) groups is 2. The molecule has 5 heteroatoms. The molecule has 0 saturated heterocycles. The molecule has 3 rings (SSSR count). The molecule has 22 heavy (non-hydrogen) atoms. The van der Waals surface area contributed by atoms with Crippen LogP contribution in [0.25, 0.3) is 0 Å². The van der Waals surface area contributed by atoms with Crippen LogP contribution < -0.4 is 15.4 Å². The second kappa shape index (κ2) is 5.89. The Labute approximate surface area is 128 Å². The number of ether oxygens (including phenoxy) is 1. The summed E-state index contributed by atoms with van der Waals surface area (Å²) in [7, 11) is 0. The lowest BCUT2D eigenvalue weighted by Crippen LogP contribution is -2.48. The molecule has 112 valence electrons. The van der Waals surface area contributed by atoms with Gasteiger partial charge in [-0.3, -0.25) is 9.59 Å². The van der Waals surface area contributed by atoms with Crippen LogP contribution in [-0.4, -0.2) is 17.9 Å². The Morgan fingerprint density at radius 3 is 2.68 bits per heavy atom. The summed E-state index contributed by atoms with van der Waals surface area (Å²) < 4.78 is 5.49. The molecule has 2 aromatic rings. The van der Waals surface area contributed by atoms with Crippen LogP contribution in [0.15, 0.2) is 48.5 Å². The predicted octanol–water partition coefficient (Wildman–Crippen LogP) is 2.01. The van der Waals surface area contributed by atoms with E-state index in [0.29, 0.717) is 18.0 Å². The molecule has 0 aromatic heterocycles. The molecule has 1 heterocycles. The van der Waals surface area contributed by atoms with Gasteiger partial charge in [0.05, 0.1) is 5.69 Å². The Morgan fingerprint density at radius 2 is 1.91 bits per heavy atom. The van der Waals surface area contributed by atoms with Crippen molar-refractivity contribution in [2.75, 3.05) is 5.32 Å². The van der Waals surface area contributed by atoms with Crippen LogP contribution in [0.1, 0.15) is 11.1 Å². The van der Waals surface area contributed by atoms with E-state index >= 15 is 0 Å². The van der Waals surface area contributed by atoms with E-state index in [1.165, 1.54) is 0 Å². The highest BCUT2D eigenvalue weighted by atomic mass is 16.5. The van der Waals surface area contributed by atoms with E-state index in [2.05, 4.69) is 10.6 Å². The lowest BCUT2D eigenvalue weighted by molar-refractivity contribution is -0.137. The maximum atomic E-state index is 12.2. The second-order valence-electron chi connectivity index (χ2n) is 5.19. The first kappa shape index (κ1) is 14.1. The van der Waals surface area contributed by atoms with Gasteiger partial charge in [-0.15, -0.1) is 0 Å². The smallest absolute Gasteiger partial charge is 0.275 e. The van der Waals surface area contributed by atoms with Crippen molar-refractivity contribution in [2.45, 2.75) is 19.6 Å². The van der Waals surface area contributed by atoms with Gasteiger partial charge in [0, 0.05) is 6.54 Å². The molecule has 0 radical (unpaired) electrons. The molecule has 2 aromatic carbocycles. The van der Waals surface area contributed by atoms with E-state index in [4.69, 9.17) is 4.74 Å². The average molecular weight is 296 g/mol. The van der Waals surface area contributed by atoms with Gasteiger partial charge in [0.1, 0.15) is 5.75 Å². The van der Waals surface area contributed by atoms with E-state index in [9.17, 15) is 9.59 Å². The van der Waals surface area contributed by atoms with Crippen molar-refractivity contribution in [3.63, 3.8) is 0 Å². The van der Waals surface area contributed by atoms with Gasteiger partial charge in [0.15, 0.2) is 0 Å². The lowest BCUT2D eigenvalue weighted by atomic mass is 10.1. The van der Waals surface area contributed by atoms with Crippen LogP contribution >= 0.6 is 0 Å². The van der Waals surface area contributed by atoms with Crippen LogP contribution in [0.5, 0.6) is 5.75 Å². The number of aryl methyl sites for hydroxylation is 1. The number of fused-ring (bicyclic) bond motifs is 1. The number of benzene rings is 2. The van der Waals surface area contributed by atoms with Gasteiger partial charge in [-0.2, -0.15) is 0 Å². The number of para-hydroxylation sites is 2. The SMILES string of the molecule is Cc1ccc(CNC(=O)[C@@H]2Oc3ccccc3NC2=O)cc1. The zero-order valence-corrected chi connectivity index (χ0v) is 12.1. The van der Waals surface area contributed by atoms with E-state index in [1.807, 2.05) is 31.2 Å². The monoisotopic (exact) mass is 296 g/mol. The topological polar surface area (TPSA) is 67.4 Å². The highest BCUT2D eigenvalue weighted by Crippen LogP contribution is 2.28. The minimum atomic E-state index is -1.17. The zero-order chi connectivity index (χ0) is 15.5. The molecule has 0 fully saturated rings. The third kappa shape index (κ3) is 2.93. The Balaban J connectivity index is 1.65. The molecule has 0 spiro atoms. The number of amides is 2. The first-order chi connectivity index (χ1) is 10.6. The van der Waals surface area contributed by atoms with Crippen molar-refractivity contribution in [1.82, 2.24) is 5.32 Å². The van der Waals surface area contributed by atoms with Crippen LogP contribution in [0, 0.1) is 6.92 Å². The van der Waals surface area contributed by atoms with Gasteiger partial charge in [0.2, 0.25) is 0 Å². The Hall–Kier alpha value is -2.82. The Kier molecular flexibility index (Phi) is 3.78. The summed E-state index contributed by atoms with van der Waals surface area (Å²) in [5, 5.41) is 5.40. The van der Waals surface area contributed by atoms with Gasteiger partial charge in [0.25, 0.3) is 17.9 Å². The Bertz CT molecular complexity index is 710. The minimum absolute atomic E-state index is 0.355. The quantitative estimate of drug-likeness (QED) is 0.851. The standard InChI is InChI=1S/C17H16N2O3/c1-11-6-8-12(9-7-11)10-18-16(20)15-17(21)19-13-4-2-3-5-14(13)22-15/h2-9,15H,10H2,1H3,(H,18,20)(H,19,21)/t15-/m0/s1. The molecule has 0 aliphatic carbocycles. The summed E-state index contributed by atoms with van der Waals surface area (Å²) in [6, 6.07) is 14.9. The fourth-order valence-corrected chi connectivity index (χ4v) is 2.21. The molecule has 0 unspecified atom stereocenters. The van der Waals surface area contributed by atoms with Crippen LogP contribution in [-0.2, 0) is 16.1 Å². The predicted molar refractivity (Wildman–Crippen MR) is 82.5 cm³/mol. The summed E-state index contributed by atoms with van der Waals surface area (Å²) in [4.78, 5) is 24.1. The van der Waals surface area contributed by atoms with E-state index in [0.717, 1.165) is 11.1 Å². The van der Waals surface area contributed by atoms with Gasteiger partial charge in [-0.25, -0.2) is 0 Å². The van der Waals surface area contributed by atoms with Crippen LogP contribution in [0.2, 0.25) is 0 Å². The van der Waals surface area contributed by atoms with Crippen molar-refractivity contribution < 1.29 is 14.3 Å². The van der Waals surface area contributed by atoms with E-state index in [-0.39, 0.29) is 0 Å². The van der Waals surface area contributed by atoms with Crippen LogP contribution in [0.3, 0.4) is 0 Å². The molecular weight excluding hydrogens is 280 g/mol. The van der Waals surface area contributed by atoms with Gasteiger partial charge >= 0.3 is 0 Å². The zero-order valence-electron chi connectivity index (χ0n) is 12.1. The lowest BCUT2D eigenvalue weighted by Gasteiger charge is -2.24. The molecule has 0 saturated carbocycles. The molecule has 2 amide bonds. The molecule has 1 aliphatic rings. The average Bonchev–Trinajstić information content (AvgIpc) is 2.53. The molecule has 2 N–H and O–H groups in total. The van der Waals surface area contributed by atoms with Gasteiger partial charge < -0.3 is 15.4 Å². The third-order valence-electron chi connectivity index (χ3n) is 3.45. The number of hydrogen-bond acceptors (Lipinski definition) is 3. The molecule has 5 nitrogen and oxygen atoms in total. The fraction of sp³-hybridized carbons (Fsp3) is 0.176. The number of nitrogens with one attached hydrogen (secondary N) is 2. The largest absolute Gasteiger partial charge is 0.468 e. The number of carbonyl (C=O) groups excluding carboxylic acids is 2. The van der Waals surface area contributed by atoms with Crippen molar-refractivity contribution in [3.05, 3.63) is 59.7 Å². The second-order valence-corrected chi connectivity index (χ2v) is 5.19. The summed E-state index contributed by atoms with van der Waals surface area (Å²) in [5.41, 5.74) is 2.70. The molecule has 0 bridgehead atoms. The van der Waals surface area contributed by atoms with Crippen molar-refractivity contribution in [2.24, 2.45) is 0 Å². The van der Waals surface area contributed by atoms with Crippen molar-refractivity contribution in [3.8, 4) is 5.75 Å². The first-order valence-corrected chi connectivity index (χ1v) is 7.03. The van der Waals surface area contributed by atoms with E-state index < -0.39 is 17.9 Å². The first-order valence-electron chi connectivity index (χ1n) is 7.03. The maximum absolute atomic E-state index is 12.2. The van der Waals surface area contributed by atoms with Crippen molar-refractivity contribution >= 4 is 17.5 Å². The highest BCUT2D eigenvalue weighted by Gasteiger charge is 2.33. The van der Waals surface area contributed by atoms with Gasteiger partial charge in [-0.1, -0.05) is 42.0 Å². The normalized spacial score (nSPS) is 16.2. The number of rotatable bonds is 3. The summed E-state index contributed by atoms with van der Waals surface area (Å²) >= 11 is 0. The van der Waals surface area contributed by atoms with E-state index in [1.54, 1.807) is 24.3 Å². The summed E-state index contributed by atoms with van der Waals surface area (Å²) in [5.74, 6) is -0.412. The highest BCUT2D eigenvalue weighted by molar-refractivity contribution is 6.11. The van der Waals surface area contributed by atoms with Crippen LogP contribution in [0.4, 0.5) is 5.69 Å². The molecule has 1 atom stereocenters. The third-order valence-corrected chi connectivity index (χ3v) is 3.45. The number of anilines is 1.